The molecule has 0 aliphatic heterocycles. The topological polar surface area (TPSA) is 26.0 Å². The summed E-state index contributed by atoms with van der Waals surface area (Å²) < 4.78 is 0. The number of hydrogen-bond acceptors (Lipinski definition) is 2. The maximum Gasteiger partial charge on any atom is 0.00746 e. The third-order valence-electron chi connectivity index (χ3n) is 2.11. The Balaban J connectivity index is 0.00000169. The van der Waals surface area contributed by atoms with Crippen molar-refractivity contribution in [3.63, 3.8) is 0 Å². The summed E-state index contributed by atoms with van der Waals surface area (Å²) in [6.45, 7) is 4.11. The summed E-state index contributed by atoms with van der Waals surface area (Å²) in [4.78, 5) is 1.08. The molecule has 1 aromatic carbocycles. The summed E-state index contributed by atoms with van der Waals surface area (Å²) in [5, 5.41) is 0. The van der Waals surface area contributed by atoms with E-state index in [0.29, 0.717) is 0 Å². The second kappa shape index (κ2) is 6.33. The molecule has 0 radical (unpaired) electrons. The number of aryl methyl sites for hydroxylation is 2. The van der Waals surface area contributed by atoms with Crippen LogP contribution in [0.5, 0.6) is 0 Å². The third kappa shape index (κ3) is 4.36. The van der Waals surface area contributed by atoms with Crippen LogP contribution in [-0.2, 0) is 6.42 Å². The second-order valence-corrected chi connectivity index (χ2v) is 4.13. The highest BCUT2D eigenvalue weighted by Gasteiger charge is 2.00. The molecule has 0 fully saturated rings. The number of benzene rings is 1. The minimum absolute atomic E-state index is 0. The fourth-order valence-electron chi connectivity index (χ4n) is 1.27. The molecule has 1 aromatic rings. The highest BCUT2D eigenvalue weighted by Crippen LogP contribution is 2.17. The Hall–Kier alpha value is -0.180. The lowest BCUT2D eigenvalue weighted by atomic mass is 10.1. The first kappa shape index (κ1) is 13.8. The Morgan fingerprint density at radius 2 is 2.07 bits per heavy atom. The van der Waals surface area contributed by atoms with Crippen LogP contribution in [0, 0.1) is 6.92 Å². The van der Waals surface area contributed by atoms with Crippen LogP contribution in [0.4, 0.5) is 0 Å². The van der Waals surface area contributed by atoms with Gasteiger partial charge in [-0.25, -0.2) is 0 Å². The average Bonchev–Trinajstić information content (AvgIpc) is 2.02. The average molecular weight is 232 g/mol. The van der Waals surface area contributed by atoms with E-state index in [0.717, 1.165) is 17.7 Å². The SMILES string of the molecule is Cc1ccc(CC[C@H](C)N)c(S)c1.Cl. The molecule has 0 aliphatic rings. The molecule has 0 heterocycles. The van der Waals surface area contributed by atoms with Crippen molar-refractivity contribution in [1.29, 1.82) is 0 Å². The molecule has 0 unspecified atom stereocenters. The summed E-state index contributed by atoms with van der Waals surface area (Å²) in [5.41, 5.74) is 8.25. The van der Waals surface area contributed by atoms with Gasteiger partial charge < -0.3 is 5.73 Å². The molecule has 1 atom stereocenters. The lowest BCUT2D eigenvalue weighted by Gasteiger charge is -2.07. The van der Waals surface area contributed by atoms with Crippen LogP contribution in [0.25, 0.3) is 0 Å². The van der Waals surface area contributed by atoms with Gasteiger partial charge in [-0.3, -0.25) is 0 Å². The molecule has 3 heteroatoms. The molecule has 0 amide bonds. The lowest BCUT2D eigenvalue weighted by molar-refractivity contribution is 0.662. The highest BCUT2D eigenvalue weighted by atomic mass is 35.5. The van der Waals surface area contributed by atoms with Gasteiger partial charge in [-0.2, -0.15) is 0 Å². The van der Waals surface area contributed by atoms with E-state index in [4.69, 9.17) is 5.73 Å². The summed E-state index contributed by atoms with van der Waals surface area (Å²) in [7, 11) is 0. The van der Waals surface area contributed by atoms with E-state index in [9.17, 15) is 0 Å². The normalized spacial score (nSPS) is 12.0. The fourth-order valence-corrected chi connectivity index (χ4v) is 1.66. The Bertz CT molecular complexity index is 287. The highest BCUT2D eigenvalue weighted by molar-refractivity contribution is 7.80. The van der Waals surface area contributed by atoms with Gasteiger partial charge >= 0.3 is 0 Å². The standard InChI is InChI=1S/C11H17NS.ClH/c1-8-3-5-10(11(13)7-8)6-4-9(2)12;/h3,5,7,9,13H,4,6,12H2,1-2H3;1H/t9-;/m0./s1. The van der Waals surface area contributed by atoms with Gasteiger partial charge in [0.1, 0.15) is 0 Å². The summed E-state index contributed by atoms with van der Waals surface area (Å²) in [5.74, 6) is 0. The van der Waals surface area contributed by atoms with E-state index in [-0.39, 0.29) is 18.4 Å². The quantitative estimate of drug-likeness (QED) is 0.769. The first-order valence-corrected chi connectivity index (χ1v) is 5.08. The van der Waals surface area contributed by atoms with Crippen LogP contribution in [0.15, 0.2) is 23.1 Å². The van der Waals surface area contributed by atoms with Crippen molar-refractivity contribution in [3.05, 3.63) is 29.3 Å². The smallest absolute Gasteiger partial charge is 0.00746 e. The zero-order valence-electron chi connectivity index (χ0n) is 8.66. The van der Waals surface area contributed by atoms with E-state index in [1.54, 1.807) is 0 Å². The van der Waals surface area contributed by atoms with Crippen molar-refractivity contribution in [2.24, 2.45) is 5.73 Å². The van der Waals surface area contributed by atoms with Crippen LogP contribution >= 0.6 is 25.0 Å². The van der Waals surface area contributed by atoms with Crippen molar-refractivity contribution < 1.29 is 0 Å². The van der Waals surface area contributed by atoms with Gasteiger partial charge in [0, 0.05) is 10.9 Å². The maximum atomic E-state index is 5.70. The van der Waals surface area contributed by atoms with Crippen molar-refractivity contribution in [2.75, 3.05) is 0 Å². The molecular weight excluding hydrogens is 214 g/mol. The number of hydrogen-bond donors (Lipinski definition) is 2. The maximum absolute atomic E-state index is 5.70. The molecule has 0 aromatic heterocycles. The van der Waals surface area contributed by atoms with Gasteiger partial charge in [0.25, 0.3) is 0 Å². The molecule has 14 heavy (non-hydrogen) atoms. The third-order valence-corrected chi connectivity index (χ3v) is 2.53. The Morgan fingerprint density at radius 3 is 2.57 bits per heavy atom. The molecule has 80 valence electrons. The predicted octanol–water partition coefficient (Wildman–Crippen LogP) is 2.99. The number of rotatable bonds is 3. The lowest BCUT2D eigenvalue weighted by Crippen LogP contribution is -2.15. The molecule has 2 N–H and O–H groups in total. The number of nitrogens with two attached hydrogens (primary N) is 1. The molecule has 0 saturated heterocycles. The zero-order valence-corrected chi connectivity index (χ0v) is 10.4. The minimum Gasteiger partial charge on any atom is -0.328 e. The number of halogens is 1. The van der Waals surface area contributed by atoms with E-state index in [1.807, 2.05) is 6.92 Å². The van der Waals surface area contributed by atoms with Crippen LogP contribution in [-0.4, -0.2) is 6.04 Å². The van der Waals surface area contributed by atoms with E-state index in [2.05, 4.69) is 37.8 Å². The van der Waals surface area contributed by atoms with Gasteiger partial charge in [-0.15, -0.1) is 25.0 Å². The van der Waals surface area contributed by atoms with E-state index < -0.39 is 0 Å². The Morgan fingerprint density at radius 1 is 1.43 bits per heavy atom. The minimum atomic E-state index is 0. The number of thiol groups is 1. The van der Waals surface area contributed by atoms with E-state index in [1.165, 1.54) is 11.1 Å². The van der Waals surface area contributed by atoms with Gasteiger partial charge in [-0.1, -0.05) is 17.7 Å². The molecular formula is C11H18ClNS. The van der Waals surface area contributed by atoms with Crippen LogP contribution < -0.4 is 5.73 Å². The molecule has 0 saturated carbocycles. The van der Waals surface area contributed by atoms with Crippen LogP contribution in [0.1, 0.15) is 24.5 Å². The van der Waals surface area contributed by atoms with Crippen LogP contribution in [0.3, 0.4) is 0 Å². The monoisotopic (exact) mass is 231 g/mol. The Labute approximate surface area is 97.9 Å². The summed E-state index contributed by atoms with van der Waals surface area (Å²) in [6, 6.07) is 6.63. The Kier molecular flexibility index (Phi) is 6.25. The molecule has 0 bridgehead atoms. The van der Waals surface area contributed by atoms with Gasteiger partial charge in [0.15, 0.2) is 0 Å². The van der Waals surface area contributed by atoms with Gasteiger partial charge in [0.2, 0.25) is 0 Å². The second-order valence-electron chi connectivity index (χ2n) is 3.65. The van der Waals surface area contributed by atoms with Crippen molar-refractivity contribution >= 4 is 25.0 Å². The fraction of sp³-hybridized carbons (Fsp3) is 0.455. The molecule has 1 rings (SSSR count). The first-order valence-electron chi connectivity index (χ1n) is 4.63. The summed E-state index contributed by atoms with van der Waals surface area (Å²) in [6.07, 6.45) is 2.05. The molecule has 1 nitrogen and oxygen atoms in total. The van der Waals surface area contributed by atoms with Crippen molar-refractivity contribution in [3.8, 4) is 0 Å². The predicted molar refractivity (Wildman–Crippen MR) is 67.6 cm³/mol. The van der Waals surface area contributed by atoms with Crippen molar-refractivity contribution in [2.45, 2.75) is 37.6 Å². The van der Waals surface area contributed by atoms with Gasteiger partial charge in [-0.05, 0) is 38.3 Å². The molecule has 0 spiro atoms. The van der Waals surface area contributed by atoms with E-state index >= 15 is 0 Å². The first-order chi connectivity index (χ1) is 6.09. The largest absolute Gasteiger partial charge is 0.328 e. The van der Waals surface area contributed by atoms with Crippen LogP contribution in [0.2, 0.25) is 0 Å². The van der Waals surface area contributed by atoms with Gasteiger partial charge in [0.05, 0.1) is 0 Å². The molecule has 0 aliphatic carbocycles. The van der Waals surface area contributed by atoms with Crippen molar-refractivity contribution in [1.82, 2.24) is 0 Å². The summed E-state index contributed by atoms with van der Waals surface area (Å²) >= 11 is 4.43. The zero-order chi connectivity index (χ0) is 9.84.